The number of ether oxygens (including phenoxy) is 1. The molecular formula is C19H22N2O3. The van der Waals surface area contributed by atoms with Gasteiger partial charge < -0.3 is 14.2 Å². The number of hydrogen-bond acceptors (Lipinski definition) is 3. The van der Waals surface area contributed by atoms with Gasteiger partial charge >= 0.3 is 5.97 Å². The van der Waals surface area contributed by atoms with Crippen molar-refractivity contribution in [1.82, 2.24) is 9.47 Å². The Labute approximate surface area is 141 Å². The van der Waals surface area contributed by atoms with E-state index < -0.39 is 0 Å². The van der Waals surface area contributed by atoms with E-state index in [0.717, 1.165) is 18.5 Å². The van der Waals surface area contributed by atoms with E-state index in [1.165, 1.54) is 0 Å². The molecule has 24 heavy (non-hydrogen) atoms. The molecule has 0 spiro atoms. The number of benzene rings is 1. The Morgan fingerprint density at radius 3 is 2.54 bits per heavy atom. The van der Waals surface area contributed by atoms with Crippen LogP contribution in [0.1, 0.15) is 30.1 Å². The van der Waals surface area contributed by atoms with Crippen molar-refractivity contribution in [1.29, 1.82) is 0 Å². The molecule has 1 amide bonds. The summed E-state index contributed by atoms with van der Waals surface area (Å²) in [4.78, 5) is 26.4. The maximum atomic E-state index is 12.7. The van der Waals surface area contributed by atoms with Crippen molar-refractivity contribution >= 4 is 11.9 Å². The maximum absolute atomic E-state index is 12.7. The molecule has 0 N–H and O–H groups in total. The second-order valence-corrected chi connectivity index (χ2v) is 5.98. The number of nitrogens with zero attached hydrogens (tertiary/aromatic N) is 2. The van der Waals surface area contributed by atoms with E-state index in [2.05, 4.69) is 0 Å². The quantitative estimate of drug-likeness (QED) is 0.812. The van der Waals surface area contributed by atoms with Gasteiger partial charge in [0.05, 0.1) is 12.5 Å². The minimum absolute atomic E-state index is 0.0249. The molecular weight excluding hydrogens is 304 g/mol. The molecule has 1 aromatic heterocycles. The summed E-state index contributed by atoms with van der Waals surface area (Å²) in [5, 5.41) is 0. The van der Waals surface area contributed by atoms with Crippen molar-refractivity contribution in [3.05, 3.63) is 54.4 Å². The average molecular weight is 326 g/mol. The molecule has 1 fully saturated rings. The van der Waals surface area contributed by atoms with Crippen LogP contribution in [-0.2, 0) is 9.53 Å². The van der Waals surface area contributed by atoms with Crippen molar-refractivity contribution in [3.8, 4) is 5.69 Å². The zero-order chi connectivity index (χ0) is 16.9. The van der Waals surface area contributed by atoms with Gasteiger partial charge in [-0.2, -0.15) is 0 Å². The molecule has 1 saturated heterocycles. The Morgan fingerprint density at radius 2 is 1.88 bits per heavy atom. The van der Waals surface area contributed by atoms with Crippen LogP contribution in [0.15, 0.2) is 48.8 Å². The first-order valence-corrected chi connectivity index (χ1v) is 8.38. The van der Waals surface area contributed by atoms with Gasteiger partial charge in [-0.3, -0.25) is 9.59 Å². The van der Waals surface area contributed by atoms with Gasteiger partial charge in [-0.1, -0.05) is 0 Å². The topological polar surface area (TPSA) is 51.5 Å². The fraction of sp³-hybridized carbons (Fsp3) is 0.368. The van der Waals surface area contributed by atoms with Gasteiger partial charge in [0.25, 0.3) is 5.91 Å². The monoisotopic (exact) mass is 326 g/mol. The molecule has 0 unspecified atom stereocenters. The smallest absolute Gasteiger partial charge is 0.310 e. The molecule has 1 aromatic carbocycles. The number of esters is 1. The number of likely N-dealkylation sites (tertiary alicyclic amines) is 1. The second-order valence-electron chi connectivity index (χ2n) is 5.98. The Bertz CT molecular complexity index is 692. The number of hydrogen-bond donors (Lipinski definition) is 0. The van der Waals surface area contributed by atoms with Crippen molar-refractivity contribution in [2.45, 2.75) is 19.8 Å². The normalized spacial score (nSPS) is 17.5. The van der Waals surface area contributed by atoms with E-state index in [4.69, 9.17) is 4.74 Å². The molecule has 0 aliphatic carbocycles. The summed E-state index contributed by atoms with van der Waals surface area (Å²) < 4.78 is 7.08. The summed E-state index contributed by atoms with van der Waals surface area (Å²) in [6, 6.07) is 11.5. The highest BCUT2D eigenvalue weighted by Crippen LogP contribution is 2.20. The first kappa shape index (κ1) is 16.3. The molecule has 2 aromatic rings. The number of carbonyl (C=O) groups excluding carboxylic acids is 2. The summed E-state index contributed by atoms with van der Waals surface area (Å²) >= 11 is 0. The SMILES string of the molecule is CCOC(=O)[C@@H]1CCCN(C(=O)c2ccc(-n3cccc3)cc2)C1. The van der Waals surface area contributed by atoms with E-state index >= 15 is 0 Å². The van der Waals surface area contributed by atoms with Crippen LogP contribution in [0.25, 0.3) is 5.69 Å². The third-order valence-corrected chi connectivity index (χ3v) is 4.35. The zero-order valence-corrected chi connectivity index (χ0v) is 13.9. The summed E-state index contributed by atoms with van der Waals surface area (Å²) in [6.45, 7) is 3.31. The fourth-order valence-electron chi connectivity index (χ4n) is 3.08. The molecule has 1 aliphatic heterocycles. The van der Waals surface area contributed by atoms with Gasteiger partial charge in [0.15, 0.2) is 0 Å². The molecule has 0 saturated carbocycles. The maximum Gasteiger partial charge on any atom is 0.310 e. The third kappa shape index (κ3) is 3.50. The van der Waals surface area contributed by atoms with E-state index in [9.17, 15) is 9.59 Å². The van der Waals surface area contributed by atoms with Crippen molar-refractivity contribution in [3.63, 3.8) is 0 Å². The summed E-state index contributed by atoms with van der Waals surface area (Å²) in [7, 11) is 0. The van der Waals surface area contributed by atoms with Gasteiger partial charge in [-0.25, -0.2) is 0 Å². The standard InChI is InChI=1S/C19H22N2O3/c1-2-24-19(23)16-6-5-13-21(14-16)18(22)15-7-9-17(10-8-15)20-11-3-4-12-20/h3-4,7-12,16H,2,5-6,13-14H2,1H3/t16-/m1/s1. The molecule has 0 radical (unpaired) electrons. The highest BCUT2D eigenvalue weighted by atomic mass is 16.5. The molecule has 2 heterocycles. The summed E-state index contributed by atoms with van der Waals surface area (Å²) in [5.74, 6) is -0.428. The Balaban J connectivity index is 1.68. The van der Waals surface area contributed by atoms with Crippen LogP contribution in [0.4, 0.5) is 0 Å². The lowest BCUT2D eigenvalue weighted by Gasteiger charge is -2.31. The molecule has 5 nitrogen and oxygen atoms in total. The van der Waals surface area contributed by atoms with Crippen LogP contribution in [0.3, 0.4) is 0 Å². The highest BCUT2D eigenvalue weighted by molar-refractivity contribution is 5.94. The Morgan fingerprint density at radius 1 is 1.17 bits per heavy atom. The lowest BCUT2D eigenvalue weighted by molar-refractivity contribution is -0.149. The van der Waals surface area contributed by atoms with Crippen LogP contribution in [0.2, 0.25) is 0 Å². The van der Waals surface area contributed by atoms with Crippen LogP contribution in [-0.4, -0.2) is 41.0 Å². The van der Waals surface area contributed by atoms with Crippen molar-refractivity contribution < 1.29 is 14.3 Å². The third-order valence-electron chi connectivity index (χ3n) is 4.35. The molecule has 1 aliphatic rings. The number of piperidine rings is 1. The van der Waals surface area contributed by atoms with Gasteiger partial charge in [0.2, 0.25) is 0 Å². The number of aromatic nitrogens is 1. The largest absolute Gasteiger partial charge is 0.466 e. The first-order chi connectivity index (χ1) is 11.7. The second kappa shape index (κ2) is 7.34. The molecule has 126 valence electrons. The van der Waals surface area contributed by atoms with E-state index in [0.29, 0.717) is 25.3 Å². The number of amides is 1. The summed E-state index contributed by atoms with van der Waals surface area (Å²) in [5.41, 5.74) is 1.66. The van der Waals surface area contributed by atoms with E-state index in [1.54, 1.807) is 11.8 Å². The van der Waals surface area contributed by atoms with Gasteiger partial charge in [0.1, 0.15) is 0 Å². The average Bonchev–Trinajstić information content (AvgIpc) is 3.16. The minimum Gasteiger partial charge on any atom is -0.466 e. The lowest BCUT2D eigenvalue weighted by Crippen LogP contribution is -2.42. The fourth-order valence-corrected chi connectivity index (χ4v) is 3.08. The first-order valence-electron chi connectivity index (χ1n) is 8.38. The minimum atomic E-state index is -0.207. The summed E-state index contributed by atoms with van der Waals surface area (Å²) in [6.07, 6.45) is 5.54. The molecule has 3 rings (SSSR count). The molecule has 5 heteroatoms. The van der Waals surface area contributed by atoms with Crippen LogP contribution in [0, 0.1) is 5.92 Å². The van der Waals surface area contributed by atoms with Gasteiger partial charge in [0, 0.05) is 36.7 Å². The molecule has 1 atom stereocenters. The Kier molecular flexibility index (Phi) is 4.99. The van der Waals surface area contributed by atoms with Gasteiger partial charge in [-0.05, 0) is 56.2 Å². The Hall–Kier alpha value is -2.56. The van der Waals surface area contributed by atoms with Crippen LogP contribution >= 0.6 is 0 Å². The van der Waals surface area contributed by atoms with Crippen molar-refractivity contribution in [2.75, 3.05) is 19.7 Å². The van der Waals surface area contributed by atoms with Crippen molar-refractivity contribution in [2.24, 2.45) is 5.92 Å². The van der Waals surface area contributed by atoms with Crippen LogP contribution in [0.5, 0.6) is 0 Å². The zero-order valence-electron chi connectivity index (χ0n) is 13.9. The van der Waals surface area contributed by atoms with Gasteiger partial charge in [-0.15, -0.1) is 0 Å². The van der Waals surface area contributed by atoms with E-state index in [-0.39, 0.29) is 17.8 Å². The lowest BCUT2D eigenvalue weighted by atomic mass is 9.97. The van der Waals surface area contributed by atoms with E-state index in [1.807, 2.05) is 53.4 Å². The van der Waals surface area contributed by atoms with Crippen LogP contribution < -0.4 is 0 Å². The molecule has 0 bridgehead atoms. The predicted octanol–water partition coefficient (Wildman–Crippen LogP) is 2.89. The number of rotatable bonds is 4. The number of carbonyl (C=O) groups is 2. The highest BCUT2D eigenvalue weighted by Gasteiger charge is 2.29. The predicted molar refractivity (Wildman–Crippen MR) is 91.0 cm³/mol.